The van der Waals surface area contributed by atoms with Crippen molar-refractivity contribution in [1.82, 2.24) is 0 Å². The van der Waals surface area contributed by atoms with E-state index in [4.69, 9.17) is 0 Å². The van der Waals surface area contributed by atoms with Gasteiger partial charge in [-0.15, -0.1) is 0 Å². The number of carboxylic acid groups (broad SMARTS) is 1. The quantitative estimate of drug-likeness (QED) is 0.920. The van der Waals surface area contributed by atoms with Crippen LogP contribution in [0, 0.1) is 17.2 Å². The Morgan fingerprint density at radius 3 is 2.41 bits per heavy atom. The molecule has 0 aliphatic rings. The van der Waals surface area contributed by atoms with Crippen LogP contribution in [0.25, 0.3) is 0 Å². The molecule has 1 N–H and O–H groups in total. The lowest BCUT2D eigenvalue weighted by molar-refractivity contribution is -0.145. The minimum absolute atomic E-state index is 0.329. The van der Waals surface area contributed by atoms with Crippen molar-refractivity contribution < 1.29 is 14.3 Å². The van der Waals surface area contributed by atoms with E-state index in [2.05, 4.69) is 15.9 Å². The normalized spacial score (nSPS) is 13.5. The van der Waals surface area contributed by atoms with Gasteiger partial charge in [0.25, 0.3) is 0 Å². The van der Waals surface area contributed by atoms with Crippen LogP contribution in [-0.4, -0.2) is 11.1 Å². The molecule has 1 aromatic carbocycles. The Hall–Kier alpha value is -0.900. The van der Waals surface area contributed by atoms with Gasteiger partial charge in [0.2, 0.25) is 0 Å². The van der Waals surface area contributed by atoms with Gasteiger partial charge in [-0.2, -0.15) is 0 Å². The van der Waals surface area contributed by atoms with Gasteiger partial charge in [0.1, 0.15) is 5.82 Å². The van der Waals surface area contributed by atoms with Crippen molar-refractivity contribution in [3.8, 4) is 0 Å². The largest absolute Gasteiger partial charge is 0.481 e. The maximum Gasteiger partial charge on any atom is 0.307 e. The van der Waals surface area contributed by atoms with Crippen LogP contribution >= 0.6 is 15.9 Å². The highest BCUT2D eigenvalue weighted by Gasteiger charge is 2.31. The zero-order valence-electron chi connectivity index (χ0n) is 10.1. The fourth-order valence-corrected chi connectivity index (χ4v) is 2.24. The zero-order chi connectivity index (χ0) is 13.2. The molecule has 94 valence electrons. The van der Waals surface area contributed by atoms with Crippen molar-refractivity contribution in [2.45, 2.75) is 27.2 Å². The topological polar surface area (TPSA) is 37.3 Å². The van der Waals surface area contributed by atoms with Crippen molar-refractivity contribution in [3.05, 3.63) is 34.1 Å². The number of aliphatic carboxylic acids is 1. The molecule has 1 unspecified atom stereocenters. The molecule has 0 aliphatic carbocycles. The first-order valence-corrected chi connectivity index (χ1v) is 6.17. The molecule has 1 aromatic rings. The summed E-state index contributed by atoms with van der Waals surface area (Å²) in [5.74, 6) is -1.73. The summed E-state index contributed by atoms with van der Waals surface area (Å²) < 4.78 is 13.8. The Bertz CT molecular complexity index is 404. The second-order valence-electron chi connectivity index (χ2n) is 5.24. The Morgan fingerprint density at radius 1 is 1.41 bits per heavy atom. The fraction of sp³-hybridized carbons (Fsp3) is 0.462. The molecule has 0 fully saturated rings. The van der Waals surface area contributed by atoms with Crippen LogP contribution in [0.2, 0.25) is 0 Å². The molecule has 4 heteroatoms. The average molecular weight is 303 g/mol. The molecule has 0 bridgehead atoms. The first-order valence-electron chi connectivity index (χ1n) is 5.38. The van der Waals surface area contributed by atoms with E-state index < -0.39 is 11.9 Å². The van der Waals surface area contributed by atoms with E-state index in [1.54, 1.807) is 6.07 Å². The Kier molecular flexibility index (Phi) is 4.31. The van der Waals surface area contributed by atoms with Crippen LogP contribution in [0.5, 0.6) is 0 Å². The molecule has 17 heavy (non-hydrogen) atoms. The summed E-state index contributed by atoms with van der Waals surface area (Å²) in [6.07, 6.45) is 0.329. The lowest BCUT2D eigenvalue weighted by Crippen LogP contribution is -2.30. The summed E-state index contributed by atoms with van der Waals surface area (Å²) >= 11 is 3.20. The summed E-state index contributed by atoms with van der Waals surface area (Å²) in [5.41, 5.74) is 0.337. The van der Waals surface area contributed by atoms with E-state index in [9.17, 15) is 14.3 Å². The van der Waals surface area contributed by atoms with E-state index in [-0.39, 0.29) is 11.2 Å². The van der Waals surface area contributed by atoms with Gasteiger partial charge in [-0.3, -0.25) is 4.79 Å². The van der Waals surface area contributed by atoms with Crippen LogP contribution in [0.15, 0.2) is 22.7 Å². The molecule has 0 radical (unpaired) electrons. The van der Waals surface area contributed by atoms with Crippen molar-refractivity contribution >= 4 is 21.9 Å². The third-order valence-corrected chi connectivity index (χ3v) is 3.16. The van der Waals surface area contributed by atoms with E-state index in [1.165, 1.54) is 12.1 Å². The molecule has 0 saturated heterocycles. The number of rotatable bonds is 3. The molecule has 0 amide bonds. The van der Waals surface area contributed by atoms with Gasteiger partial charge in [-0.05, 0) is 35.6 Å². The smallest absolute Gasteiger partial charge is 0.307 e. The van der Waals surface area contributed by atoms with Crippen LogP contribution < -0.4 is 0 Å². The molecular formula is C13H16BrFO2. The number of hydrogen-bond acceptors (Lipinski definition) is 1. The summed E-state index contributed by atoms with van der Waals surface area (Å²) in [6, 6.07) is 4.49. The van der Waals surface area contributed by atoms with Gasteiger partial charge in [0, 0.05) is 4.47 Å². The average Bonchev–Trinajstić information content (AvgIpc) is 2.10. The zero-order valence-corrected chi connectivity index (χ0v) is 11.7. The van der Waals surface area contributed by atoms with Crippen molar-refractivity contribution in [3.63, 3.8) is 0 Å². The summed E-state index contributed by atoms with van der Waals surface area (Å²) in [6.45, 7) is 5.63. The second kappa shape index (κ2) is 5.17. The van der Waals surface area contributed by atoms with Gasteiger partial charge in [-0.1, -0.05) is 36.7 Å². The maximum absolute atomic E-state index is 13.2. The predicted molar refractivity (Wildman–Crippen MR) is 68.4 cm³/mol. The molecule has 0 heterocycles. The molecule has 1 atom stereocenters. The first kappa shape index (κ1) is 14.2. The van der Waals surface area contributed by atoms with E-state index in [1.807, 2.05) is 20.8 Å². The van der Waals surface area contributed by atoms with Gasteiger partial charge in [-0.25, -0.2) is 4.39 Å². The highest BCUT2D eigenvalue weighted by molar-refractivity contribution is 9.10. The lowest BCUT2D eigenvalue weighted by Gasteiger charge is -2.27. The molecule has 2 nitrogen and oxygen atoms in total. The summed E-state index contributed by atoms with van der Waals surface area (Å²) in [5, 5.41) is 9.20. The third-order valence-electron chi connectivity index (χ3n) is 2.71. The number of benzene rings is 1. The Balaban J connectivity index is 2.98. The molecule has 0 spiro atoms. The van der Waals surface area contributed by atoms with Crippen LogP contribution in [0.1, 0.15) is 26.3 Å². The number of carbonyl (C=O) groups is 1. The van der Waals surface area contributed by atoms with E-state index >= 15 is 0 Å². The third kappa shape index (κ3) is 4.11. The van der Waals surface area contributed by atoms with Gasteiger partial charge < -0.3 is 5.11 Å². The number of hydrogen-bond donors (Lipinski definition) is 1. The standard InChI is InChI=1S/C13H16BrFO2/c1-13(2,3)11(12(16)17)6-8-4-9(14)7-10(15)5-8/h4-5,7,11H,6H2,1-3H3,(H,16,17). The molecule has 0 saturated carbocycles. The van der Waals surface area contributed by atoms with Crippen LogP contribution in [0.3, 0.4) is 0 Å². The number of carboxylic acids is 1. The predicted octanol–water partition coefficient (Wildman–Crippen LogP) is 3.88. The van der Waals surface area contributed by atoms with Crippen molar-refractivity contribution in [2.75, 3.05) is 0 Å². The fourth-order valence-electron chi connectivity index (χ4n) is 1.73. The summed E-state index contributed by atoms with van der Waals surface area (Å²) in [7, 11) is 0. The van der Waals surface area contributed by atoms with Gasteiger partial charge in [0.05, 0.1) is 5.92 Å². The highest BCUT2D eigenvalue weighted by Crippen LogP contribution is 2.30. The molecule has 1 rings (SSSR count). The van der Waals surface area contributed by atoms with Crippen molar-refractivity contribution in [1.29, 1.82) is 0 Å². The van der Waals surface area contributed by atoms with E-state index in [0.29, 0.717) is 16.5 Å². The van der Waals surface area contributed by atoms with Gasteiger partial charge >= 0.3 is 5.97 Å². The van der Waals surface area contributed by atoms with Gasteiger partial charge in [0.15, 0.2) is 0 Å². The van der Waals surface area contributed by atoms with Crippen LogP contribution in [-0.2, 0) is 11.2 Å². The minimum atomic E-state index is -0.849. The van der Waals surface area contributed by atoms with Crippen LogP contribution in [0.4, 0.5) is 4.39 Å². The van der Waals surface area contributed by atoms with E-state index in [0.717, 1.165) is 0 Å². The molecular weight excluding hydrogens is 287 g/mol. The lowest BCUT2D eigenvalue weighted by atomic mass is 9.77. The molecule has 0 aliphatic heterocycles. The SMILES string of the molecule is CC(C)(C)C(Cc1cc(F)cc(Br)c1)C(=O)O. The Labute approximate surface area is 109 Å². The minimum Gasteiger partial charge on any atom is -0.481 e. The maximum atomic E-state index is 13.2. The molecule has 0 aromatic heterocycles. The highest BCUT2D eigenvalue weighted by atomic mass is 79.9. The Morgan fingerprint density at radius 2 is 2.00 bits per heavy atom. The number of halogens is 2. The van der Waals surface area contributed by atoms with Crippen molar-refractivity contribution in [2.24, 2.45) is 11.3 Å². The second-order valence-corrected chi connectivity index (χ2v) is 6.15. The summed E-state index contributed by atoms with van der Waals surface area (Å²) in [4.78, 5) is 11.2. The first-order chi connectivity index (χ1) is 7.70. The monoisotopic (exact) mass is 302 g/mol.